The number of hydrogen-bond acceptors (Lipinski definition) is 3. The van der Waals surface area contributed by atoms with E-state index in [1.165, 1.54) is 0 Å². The standard InChI is InChI=1S/C21H24N2O3S/c1-16-6-2-3-7-20(16)21(24)22-13-10-17-8-9-19(14-18(17)15-22)27(25,26)23-11-4-5-12-23/h2-3,6-9,14H,4-5,10-13,15H2,1H3. The smallest absolute Gasteiger partial charge is 0.254 e. The zero-order valence-electron chi connectivity index (χ0n) is 15.5. The lowest BCUT2D eigenvalue weighted by Gasteiger charge is -2.30. The van der Waals surface area contributed by atoms with Gasteiger partial charge < -0.3 is 4.90 Å². The fourth-order valence-corrected chi connectivity index (χ4v) is 5.50. The molecule has 0 unspecified atom stereocenters. The first-order chi connectivity index (χ1) is 13.0. The molecule has 5 nitrogen and oxygen atoms in total. The van der Waals surface area contributed by atoms with Gasteiger partial charge in [-0.15, -0.1) is 0 Å². The quantitative estimate of drug-likeness (QED) is 0.817. The number of benzene rings is 2. The van der Waals surface area contributed by atoms with Gasteiger partial charge >= 0.3 is 0 Å². The minimum Gasteiger partial charge on any atom is -0.334 e. The largest absolute Gasteiger partial charge is 0.334 e. The number of nitrogens with zero attached hydrogens (tertiary/aromatic N) is 2. The van der Waals surface area contributed by atoms with Crippen LogP contribution >= 0.6 is 0 Å². The van der Waals surface area contributed by atoms with Gasteiger partial charge in [0.15, 0.2) is 0 Å². The van der Waals surface area contributed by atoms with Crippen molar-refractivity contribution in [1.82, 2.24) is 9.21 Å². The lowest BCUT2D eigenvalue weighted by molar-refractivity contribution is 0.0734. The van der Waals surface area contributed by atoms with Gasteiger partial charge in [0, 0.05) is 31.7 Å². The second-order valence-corrected chi connectivity index (χ2v) is 9.27. The Morgan fingerprint density at radius 3 is 2.44 bits per heavy atom. The molecule has 1 saturated heterocycles. The predicted octanol–water partition coefficient (Wildman–Crippen LogP) is 2.98. The second kappa shape index (κ2) is 7.09. The molecule has 1 fully saturated rings. The van der Waals surface area contributed by atoms with Crippen molar-refractivity contribution in [3.63, 3.8) is 0 Å². The minimum atomic E-state index is -3.44. The Kier molecular flexibility index (Phi) is 4.78. The van der Waals surface area contributed by atoms with E-state index in [-0.39, 0.29) is 5.91 Å². The third-order valence-corrected chi connectivity index (χ3v) is 7.45. The summed E-state index contributed by atoms with van der Waals surface area (Å²) in [6.45, 7) is 4.23. The highest BCUT2D eigenvalue weighted by Gasteiger charge is 2.29. The molecular formula is C21H24N2O3S. The topological polar surface area (TPSA) is 57.7 Å². The van der Waals surface area contributed by atoms with Gasteiger partial charge in [-0.05, 0) is 61.1 Å². The van der Waals surface area contributed by atoms with Crippen LogP contribution in [-0.2, 0) is 23.0 Å². The average Bonchev–Trinajstić information content (AvgIpc) is 3.22. The van der Waals surface area contributed by atoms with Gasteiger partial charge in [-0.3, -0.25) is 4.79 Å². The first-order valence-corrected chi connectivity index (χ1v) is 10.9. The molecule has 6 heteroatoms. The summed E-state index contributed by atoms with van der Waals surface area (Å²) >= 11 is 0. The number of amides is 1. The van der Waals surface area contributed by atoms with Gasteiger partial charge in [0.25, 0.3) is 5.91 Å². The fourth-order valence-electron chi connectivity index (χ4n) is 3.93. The number of aryl methyl sites for hydroxylation is 1. The summed E-state index contributed by atoms with van der Waals surface area (Å²) in [5, 5.41) is 0. The van der Waals surface area contributed by atoms with Crippen LogP contribution in [0.3, 0.4) is 0 Å². The van der Waals surface area contributed by atoms with Gasteiger partial charge in [0.05, 0.1) is 4.90 Å². The molecule has 0 bridgehead atoms. The maximum Gasteiger partial charge on any atom is 0.254 e. The van der Waals surface area contributed by atoms with Crippen molar-refractivity contribution in [3.05, 3.63) is 64.7 Å². The van der Waals surface area contributed by atoms with Crippen molar-refractivity contribution in [2.24, 2.45) is 0 Å². The fraction of sp³-hybridized carbons (Fsp3) is 0.381. The van der Waals surface area contributed by atoms with Crippen molar-refractivity contribution >= 4 is 15.9 Å². The van der Waals surface area contributed by atoms with Crippen LogP contribution in [0.15, 0.2) is 47.4 Å². The number of carbonyl (C=O) groups is 1. The van der Waals surface area contributed by atoms with E-state index in [1.54, 1.807) is 16.4 Å². The molecule has 2 aromatic carbocycles. The number of rotatable bonds is 3. The molecule has 4 rings (SSSR count). The van der Waals surface area contributed by atoms with Crippen LogP contribution in [0.25, 0.3) is 0 Å². The molecule has 0 aromatic heterocycles. The van der Waals surface area contributed by atoms with Gasteiger partial charge in [0.2, 0.25) is 10.0 Å². The summed E-state index contributed by atoms with van der Waals surface area (Å²) in [7, 11) is -3.44. The van der Waals surface area contributed by atoms with Crippen LogP contribution in [-0.4, -0.2) is 43.2 Å². The number of sulfonamides is 1. The van der Waals surface area contributed by atoms with E-state index in [4.69, 9.17) is 0 Å². The Labute approximate surface area is 160 Å². The second-order valence-electron chi connectivity index (χ2n) is 7.33. The van der Waals surface area contributed by atoms with E-state index in [0.717, 1.165) is 36.0 Å². The van der Waals surface area contributed by atoms with E-state index >= 15 is 0 Å². The van der Waals surface area contributed by atoms with Gasteiger partial charge in [0.1, 0.15) is 0 Å². The Morgan fingerprint density at radius 2 is 1.70 bits per heavy atom. The Balaban J connectivity index is 1.60. The molecule has 2 aliphatic heterocycles. The average molecular weight is 385 g/mol. The van der Waals surface area contributed by atoms with Crippen molar-refractivity contribution in [2.75, 3.05) is 19.6 Å². The van der Waals surface area contributed by atoms with Crippen LogP contribution in [0.1, 0.15) is 39.9 Å². The zero-order chi connectivity index (χ0) is 19.0. The monoisotopic (exact) mass is 384 g/mol. The highest BCUT2D eigenvalue weighted by Crippen LogP contribution is 2.27. The Morgan fingerprint density at radius 1 is 0.963 bits per heavy atom. The summed E-state index contributed by atoms with van der Waals surface area (Å²) in [5.74, 6) is 0.00607. The molecule has 0 spiro atoms. The number of carbonyl (C=O) groups excluding carboxylic acids is 1. The van der Waals surface area contributed by atoms with E-state index in [9.17, 15) is 13.2 Å². The van der Waals surface area contributed by atoms with Crippen LogP contribution in [0.2, 0.25) is 0 Å². The van der Waals surface area contributed by atoms with Crippen LogP contribution in [0.5, 0.6) is 0 Å². The van der Waals surface area contributed by atoms with Gasteiger partial charge in [-0.2, -0.15) is 4.31 Å². The summed E-state index contributed by atoms with van der Waals surface area (Å²) in [5.41, 5.74) is 3.73. The molecule has 0 N–H and O–H groups in total. The first kappa shape index (κ1) is 18.2. The van der Waals surface area contributed by atoms with Crippen molar-refractivity contribution in [3.8, 4) is 0 Å². The zero-order valence-corrected chi connectivity index (χ0v) is 16.3. The summed E-state index contributed by atoms with van der Waals surface area (Å²) < 4.78 is 27.3. The number of fused-ring (bicyclic) bond motifs is 1. The van der Waals surface area contributed by atoms with E-state index < -0.39 is 10.0 Å². The van der Waals surface area contributed by atoms with E-state index in [1.807, 2.05) is 42.2 Å². The maximum absolute atomic E-state index is 12.9. The first-order valence-electron chi connectivity index (χ1n) is 9.44. The molecular weight excluding hydrogens is 360 g/mol. The third-order valence-electron chi connectivity index (χ3n) is 5.56. The highest BCUT2D eigenvalue weighted by molar-refractivity contribution is 7.89. The highest BCUT2D eigenvalue weighted by atomic mass is 32.2. The Hall–Kier alpha value is -2.18. The van der Waals surface area contributed by atoms with Gasteiger partial charge in [-0.25, -0.2) is 8.42 Å². The lowest BCUT2D eigenvalue weighted by Crippen LogP contribution is -2.36. The van der Waals surface area contributed by atoms with Crippen LogP contribution in [0.4, 0.5) is 0 Å². The summed E-state index contributed by atoms with van der Waals surface area (Å²) in [6.07, 6.45) is 2.59. The molecule has 0 saturated carbocycles. The maximum atomic E-state index is 12.9. The molecule has 142 valence electrons. The predicted molar refractivity (Wildman–Crippen MR) is 104 cm³/mol. The Bertz CT molecular complexity index is 979. The molecule has 2 aliphatic rings. The van der Waals surface area contributed by atoms with E-state index in [2.05, 4.69) is 0 Å². The molecule has 1 amide bonds. The third kappa shape index (κ3) is 3.39. The SMILES string of the molecule is Cc1ccccc1C(=O)N1CCc2ccc(S(=O)(=O)N3CCCC3)cc2C1. The molecule has 2 heterocycles. The molecule has 0 radical (unpaired) electrons. The summed E-state index contributed by atoms with van der Waals surface area (Å²) in [6, 6.07) is 13.0. The van der Waals surface area contributed by atoms with Gasteiger partial charge in [-0.1, -0.05) is 24.3 Å². The van der Waals surface area contributed by atoms with Crippen LogP contribution in [0, 0.1) is 6.92 Å². The van der Waals surface area contributed by atoms with Crippen LogP contribution < -0.4 is 0 Å². The molecule has 27 heavy (non-hydrogen) atoms. The summed E-state index contributed by atoms with van der Waals surface area (Å²) in [4.78, 5) is 15.1. The normalized spacial score (nSPS) is 17.7. The van der Waals surface area contributed by atoms with E-state index in [0.29, 0.717) is 36.6 Å². The minimum absolute atomic E-state index is 0.00607. The van der Waals surface area contributed by atoms with Crippen molar-refractivity contribution in [2.45, 2.75) is 37.6 Å². The lowest BCUT2D eigenvalue weighted by atomic mass is 9.98. The van der Waals surface area contributed by atoms with Crippen molar-refractivity contribution in [1.29, 1.82) is 0 Å². The number of hydrogen-bond donors (Lipinski definition) is 0. The van der Waals surface area contributed by atoms with Crippen molar-refractivity contribution < 1.29 is 13.2 Å². The molecule has 0 atom stereocenters. The molecule has 2 aromatic rings. The molecule has 0 aliphatic carbocycles.